The highest BCUT2D eigenvalue weighted by Gasteiger charge is 2.37. The number of thioether (sulfide) groups is 1. The van der Waals surface area contributed by atoms with Crippen LogP contribution >= 0.6 is 11.8 Å². The monoisotopic (exact) mass is 291 g/mol. The van der Waals surface area contributed by atoms with Crippen LogP contribution in [-0.2, 0) is 10.9 Å². The van der Waals surface area contributed by atoms with Crippen LogP contribution in [-0.4, -0.2) is 31.3 Å². The van der Waals surface area contributed by atoms with E-state index in [-0.39, 0.29) is 11.7 Å². The summed E-state index contributed by atoms with van der Waals surface area (Å²) < 4.78 is 44.7. The van der Waals surface area contributed by atoms with Crippen LogP contribution in [0.2, 0.25) is 0 Å². The first kappa shape index (κ1) is 14.7. The Hall–Kier alpha value is -0.720. The predicted octanol–water partition coefficient (Wildman–Crippen LogP) is 3.10. The second-order valence-corrected chi connectivity index (χ2v) is 5.49. The Kier molecular flexibility index (Phi) is 4.76. The minimum Gasteiger partial charge on any atom is -0.375 e. The molecule has 1 aliphatic heterocycles. The van der Waals surface area contributed by atoms with E-state index in [1.165, 1.54) is 12.1 Å². The van der Waals surface area contributed by atoms with Crippen LogP contribution in [0.15, 0.2) is 24.3 Å². The summed E-state index contributed by atoms with van der Waals surface area (Å²) >= 11 is 1.71. The summed E-state index contributed by atoms with van der Waals surface area (Å²) in [6.45, 7) is 0.585. The normalized spacial score (nSPS) is 22.2. The first-order valence-corrected chi connectivity index (χ1v) is 7.22. The van der Waals surface area contributed by atoms with Crippen LogP contribution in [0.1, 0.15) is 17.2 Å². The van der Waals surface area contributed by atoms with Crippen molar-refractivity contribution < 1.29 is 17.9 Å². The molecule has 1 fully saturated rings. The maximum absolute atomic E-state index is 13.0. The van der Waals surface area contributed by atoms with Crippen molar-refractivity contribution in [1.29, 1.82) is 0 Å². The fourth-order valence-electron chi connectivity index (χ4n) is 2.27. The second-order valence-electron chi connectivity index (χ2n) is 4.34. The molecule has 0 radical (unpaired) electrons. The summed E-state index contributed by atoms with van der Waals surface area (Å²) in [5, 5.41) is 2.96. The Morgan fingerprint density at radius 1 is 1.37 bits per heavy atom. The van der Waals surface area contributed by atoms with Crippen LogP contribution < -0.4 is 5.32 Å². The average Bonchev–Trinajstić information content (AvgIpc) is 2.40. The van der Waals surface area contributed by atoms with Gasteiger partial charge in [-0.2, -0.15) is 24.9 Å². The van der Waals surface area contributed by atoms with Crippen molar-refractivity contribution in [3.8, 4) is 0 Å². The maximum atomic E-state index is 13.0. The third kappa shape index (κ3) is 3.43. The molecule has 2 unspecified atom stereocenters. The molecule has 1 heterocycles. The van der Waals surface area contributed by atoms with E-state index in [0.717, 1.165) is 11.8 Å². The van der Waals surface area contributed by atoms with Gasteiger partial charge >= 0.3 is 6.18 Å². The molecule has 1 aromatic rings. The molecule has 2 nitrogen and oxygen atoms in total. The molecule has 0 spiro atoms. The lowest BCUT2D eigenvalue weighted by molar-refractivity contribution is -0.138. The van der Waals surface area contributed by atoms with E-state index >= 15 is 0 Å². The highest BCUT2D eigenvalue weighted by Crippen LogP contribution is 2.36. The zero-order valence-electron chi connectivity index (χ0n) is 10.5. The highest BCUT2D eigenvalue weighted by atomic mass is 32.2. The van der Waals surface area contributed by atoms with Gasteiger partial charge < -0.3 is 10.1 Å². The summed E-state index contributed by atoms with van der Waals surface area (Å²) in [4.78, 5) is 0. The van der Waals surface area contributed by atoms with E-state index < -0.39 is 17.8 Å². The van der Waals surface area contributed by atoms with Crippen molar-refractivity contribution in [2.75, 3.05) is 25.2 Å². The van der Waals surface area contributed by atoms with Crippen LogP contribution in [0.25, 0.3) is 0 Å². The molecular weight excluding hydrogens is 275 g/mol. The average molecular weight is 291 g/mol. The fraction of sp³-hybridized carbons (Fsp3) is 0.538. The maximum Gasteiger partial charge on any atom is 0.416 e. The third-order valence-corrected chi connectivity index (χ3v) is 4.15. The molecule has 6 heteroatoms. The molecule has 1 aliphatic rings. The van der Waals surface area contributed by atoms with E-state index in [2.05, 4.69) is 5.32 Å². The van der Waals surface area contributed by atoms with Gasteiger partial charge in [0.15, 0.2) is 0 Å². The summed E-state index contributed by atoms with van der Waals surface area (Å²) in [5.41, 5.74) is -0.335. The lowest BCUT2D eigenvalue weighted by Crippen LogP contribution is -2.37. The van der Waals surface area contributed by atoms with E-state index in [1.807, 2.05) is 0 Å². The molecule has 106 valence electrons. The summed E-state index contributed by atoms with van der Waals surface area (Å²) in [6.07, 6.45) is -4.57. The number of halogens is 3. The van der Waals surface area contributed by atoms with Gasteiger partial charge in [0.25, 0.3) is 0 Å². The number of rotatable bonds is 3. The highest BCUT2D eigenvalue weighted by molar-refractivity contribution is 7.99. The molecule has 2 rings (SSSR count). The number of benzene rings is 1. The Balaban J connectivity index is 2.32. The van der Waals surface area contributed by atoms with Gasteiger partial charge in [0.05, 0.1) is 24.3 Å². The van der Waals surface area contributed by atoms with E-state index in [1.54, 1.807) is 24.9 Å². The van der Waals surface area contributed by atoms with Crippen LogP contribution in [0.5, 0.6) is 0 Å². The number of hydrogen-bond donors (Lipinski definition) is 1. The first-order chi connectivity index (χ1) is 9.04. The number of alkyl halides is 3. The predicted molar refractivity (Wildman–Crippen MR) is 70.3 cm³/mol. The van der Waals surface area contributed by atoms with Crippen molar-refractivity contribution in [3.05, 3.63) is 35.4 Å². The van der Waals surface area contributed by atoms with Crippen LogP contribution in [0.3, 0.4) is 0 Å². The standard InChI is InChI=1S/C13H16F3NOS/c1-17-12(11-8-19-7-6-18-11)9-4-2-3-5-10(9)13(14,15)16/h2-5,11-12,17H,6-8H2,1H3. The molecule has 19 heavy (non-hydrogen) atoms. The SMILES string of the molecule is CNC(c1ccccc1C(F)(F)F)C1CSCCO1. The zero-order valence-corrected chi connectivity index (χ0v) is 11.4. The summed E-state index contributed by atoms with van der Waals surface area (Å²) in [7, 11) is 1.67. The first-order valence-electron chi connectivity index (χ1n) is 6.06. The van der Waals surface area contributed by atoms with E-state index in [0.29, 0.717) is 12.4 Å². The Bertz CT molecular complexity index is 419. The van der Waals surface area contributed by atoms with Crippen molar-refractivity contribution in [2.45, 2.75) is 18.3 Å². The van der Waals surface area contributed by atoms with Gasteiger partial charge in [0.1, 0.15) is 0 Å². The summed E-state index contributed by atoms with van der Waals surface area (Å²) in [6, 6.07) is 5.24. The fourth-order valence-corrected chi connectivity index (χ4v) is 3.17. The molecular formula is C13H16F3NOS. The molecule has 1 aromatic carbocycles. The topological polar surface area (TPSA) is 21.3 Å². The molecule has 0 aromatic heterocycles. The number of hydrogen-bond acceptors (Lipinski definition) is 3. The van der Waals surface area contributed by atoms with Crippen molar-refractivity contribution in [3.63, 3.8) is 0 Å². The van der Waals surface area contributed by atoms with Gasteiger partial charge in [-0.15, -0.1) is 0 Å². The van der Waals surface area contributed by atoms with Crippen LogP contribution in [0.4, 0.5) is 13.2 Å². The number of ether oxygens (including phenoxy) is 1. The molecule has 1 N–H and O–H groups in total. The second kappa shape index (κ2) is 6.15. The quantitative estimate of drug-likeness (QED) is 0.924. The molecule has 0 saturated carbocycles. The molecule has 0 aliphatic carbocycles. The van der Waals surface area contributed by atoms with Crippen molar-refractivity contribution in [2.24, 2.45) is 0 Å². The lowest BCUT2D eigenvalue weighted by Gasteiger charge is -2.31. The lowest BCUT2D eigenvalue weighted by atomic mass is 9.96. The summed E-state index contributed by atoms with van der Waals surface area (Å²) in [5.74, 6) is 1.60. The molecule has 0 amide bonds. The van der Waals surface area contributed by atoms with Gasteiger partial charge in [-0.3, -0.25) is 0 Å². The number of likely N-dealkylation sites (N-methyl/N-ethyl adjacent to an activating group) is 1. The van der Waals surface area contributed by atoms with Crippen molar-refractivity contribution >= 4 is 11.8 Å². The Labute approximate surface area is 114 Å². The van der Waals surface area contributed by atoms with Gasteiger partial charge in [-0.1, -0.05) is 18.2 Å². The Morgan fingerprint density at radius 2 is 2.11 bits per heavy atom. The molecule has 1 saturated heterocycles. The smallest absolute Gasteiger partial charge is 0.375 e. The van der Waals surface area contributed by atoms with E-state index in [4.69, 9.17) is 4.74 Å². The largest absolute Gasteiger partial charge is 0.416 e. The van der Waals surface area contributed by atoms with Gasteiger partial charge in [0, 0.05) is 11.5 Å². The third-order valence-electron chi connectivity index (χ3n) is 3.13. The molecule has 0 bridgehead atoms. The minimum atomic E-state index is -4.34. The zero-order chi connectivity index (χ0) is 13.9. The van der Waals surface area contributed by atoms with Crippen molar-refractivity contribution in [1.82, 2.24) is 5.32 Å². The molecule has 2 atom stereocenters. The van der Waals surface area contributed by atoms with Gasteiger partial charge in [-0.05, 0) is 18.7 Å². The van der Waals surface area contributed by atoms with E-state index in [9.17, 15) is 13.2 Å². The van der Waals surface area contributed by atoms with Crippen LogP contribution in [0, 0.1) is 0 Å². The number of nitrogens with one attached hydrogen (secondary N) is 1. The van der Waals surface area contributed by atoms with Gasteiger partial charge in [-0.25, -0.2) is 0 Å². The van der Waals surface area contributed by atoms with Gasteiger partial charge in [0.2, 0.25) is 0 Å². The Morgan fingerprint density at radius 3 is 2.68 bits per heavy atom. The minimum absolute atomic E-state index is 0.229.